The summed E-state index contributed by atoms with van der Waals surface area (Å²) in [5.74, 6) is 1.10. The molecule has 8 heteroatoms. The maximum Gasteiger partial charge on any atom is 0.255 e. The molecular formula is C25H30Cl2N4O2. The highest BCUT2D eigenvalue weighted by atomic mass is 35.5. The third kappa shape index (κ3) is 5.98. The van der Waals surface area contributed by atoms with Gasteiger partial charge in [0.05, 0.1) is 10.7 Å². The first-order valence-corrected chi connectivity index (χ1v) is 12.4. The highest BCUT2D eigenvalue weighted by Gasteiger charge is 2.28. The Kier molecular flexibility index (Phi) is 7.76. The molecule has 0 bridgehead atoms. The second-order valence-electron chi connectivity index (χ2n) is 9.06. The van der Waals surface area contributed by atoms with E-state index in [1.807, 2.05) is 0 Å². The lowest BCUT2D eigenvalue weighted by atomic mass is 9.92. The third-order valence-corrected chi connectivity index (χ3v) is 7.11. The molecule has 2 aliphatic heterocycles. The maximum atomic E-state index is 12.8. The summed E-state index contributed by atoms with van der Waals surface area (Å²) in [4.78, 5) is 34.3. The third-order valence-electron chi connectivity index (χ3n) is 6.67. The van der Waals surface area contributed by atoms with Crippen molar-refractivity contribution in [3.63, 3.8) is 0 Å². The van der Waals surface area contributed by atoms with Gasteiger partial charge >= 0.3 is 0 Å². The smallest absolute Gasteiger partial charge is 0.255 e. The summed E-state index contributed by atoms with van der Waals surface area (Å²) in [5.41, 5.74) is 1.04. The number of anilines is 2. The number of carbonyl (C=O) groups is 2. The van der Waals surface area contributed by atoms with Crippen LogP contribution >= 0.6 is 23.2 Å². The van der Waals surface area contributed by atoms with Gasteiger partial charge in [0.25, 0.3) is 5.91 Å². The molecule has 0 spiro atoms. The topological polar surface area (TPSA) is 65.5 Å². The number of halogens is 2. The van der Waals surface area contributed by atoms with E-state index >= 15 is 0 Å². The molecule has 2 aliphatic rings. The molecule has 6 nitrogen and oxygen atoms in total. The molecule has 1 aromatic carbocycles. The number of likely N-dealkylation sites (tertiary alicyclic amines) is 1. The average molecular weight is 489 g/mol. The number of hydrogen-bond donors (Lipinski definition) is 1. The van der Waals surface area contributed by atoms with Gasteiger partial charge in [0.15, 0.2) is 5.82 Å². The summed E-state index contributed by atoms with van der Waals surface area (Å²) in [6.07, 6.45) is 7.48. The number of aromatic nitrogens is 1. The fourth-order valence-electron chi connectivity index (χ4n) is 4.78. The number of carbonyl (C=O) groups excluding carboxylic acids is 2. The number of nitrogens with one attached hydrogen (secondary N) is 1. The van der Waals surface area contributed by atoms with Crippen LogP contribution in [-0.4, -0.2) is 47.4 Å². The summed E-state index contributed by atoms with van der Waals surface area (Å²) in [7, 11) is 0. The molecule has 2 saturated heterocycles. The van der Waals surface area contributed by atoms with Gasteiger partial charge in [-0.05, 0) is 69.2 Å². The quantitative estimate of drug-likeness (QED) is 0.590. The molecule has 0 saturated carbocycles. The van der Waals surface area contributed by atoms with Crippen LogP contribution in [0.4, 0.5) is 11.5 Å². The van der Waals surface area contributed by atoms with E-state index in [9.17, 15) is 9.59 Å². The first kappa shape index (κ1) is 23.8. The van der Waals surface area contributed by atoms with Crippen molar-refractivity contribution >= 4 is 46.5 Å². The molecule has 4 rings (SSSR count). The van der Waals surface area contributed by atoms with Crippen molar-refractivity contribution in [2.45, 2.75) is 51.5 Å². The van der Waals surface area contributed by atoms with Gasteiger partial charge in [-0.2, -0.15) is 0 Å². The molecule has 2 aromatic rings. The van der Waals surface area contributed by atoms with Crippen molar-refractivity contribution in [3.8, 4) is 0 Å². The fourth-order valence-corrected chi connectivity index (χ4v) is 5.13. The molecule has 33 heavy (non-hydrogen) atoms. The van der Waals surface area contributed by atoms with Crippen LogP contribution in [0.1, 0.15) is 55.8 Å². The van der Waals surface area contributed by atoms with Gasteiger partial charge in [-0.3, -0.25) is 9.59 Å². The number of nitrogens with zero attached hydrogens (tertiary/aromatic N) is 3. The Labute approximate surface area is 205 Å². The van der Waals surface area contributed by atoms with Crippen LogP contribution in [-0.2, 0) is 4.79 Å². The molecule has 1 aromatic heterocycles. The van der Waals surface area contributed by atoms with Gasteiger partial charge in [-0.1, -0.05) is 29.3 Å². The number of amides is 2. The van der Waals surface area contributed by atoms with E-state index in [0.29, 0.717) is 51.4 Å². The van der Waals surface area contributed by atoms with E-state index < -0.39 is 0 Å². The maximum absolute atomic E-state index is 12.8. The van der Waals surface area contributed by atoms with Crippen LogP contribution in [0.5, 0.6) is 0 Å². The van der Waals surface area contributed by atoms with Crippen molar-refractivity contribution in [1.29, 1.82) is 0 Å². The minimum atomic E-state index is -0.265. The van der Waals surface area contributed by atoms with Gasteiger partial charge in [-0.25, -0.2) is 4.98 Å². The predicted octanol–water partition coefficient (Wildman–Crippen LogP) is 5.65. The van der Waals surface area contributed by atoms with Crippen LogP contribution in [0.15, 0.2) is 36.5 Å². The zero-order valence-electron chi connectivity index (χ0n) is 18.9. The summed E-state index contributed by atoms with van der Waals surface area (Å²) in [6.45, 7) is 4.61. The van der Waals surface area contributed by atoms with Gasteiger partial charge in [-0.15, -0.1) is 0 Å². The van der Waals surface area contributed by atoms with E-state index in [0.717, 1.165) is 45.3 Å². The number of piperidine rings is 2. The summed E-state index contributed by atoms with van der Waals surface area (Å²) in [6, 6.07) is 8.89. The molecule has 0 unspecified atom stereocenters. The Morgan fingerprint density at radius 2 is 1.85 bits per heavy atom. The van der Waals surface area contributed by atoms with Crippen LogP contribution in [0.2, 0.25) is 10.0 Å². The number of hydrogen-bond acceptors (Lipinski definition) is 4. The molecule has 3 heterocycles. The van der Waals surface area contributed by atoms with Gasteiger partial charge in [0.2, 0.25) is 5.91 Å². The average Bonchev–Trinajstić information content (AvgIpc) is 2.80. The van der Waals surface area contributed by atoms with Crippen molar-refractivity contribution in [3.05, 3.63) is 52.1 Å². The molecule has 2 fully saturated rings. The second kappa shape index (κ2) is 10.7. The molecule has 1 N–H and O–H groups in total. The van der Waals surface area contributed by atoms with Crippen LogP contribution in [0.3, 0.4) is 0 Å². The van der Waals surface area contributed by atoms with Gasteiger partial charge in [0.1, 0.15) is 0 Å². The van der Waals surface area contributed by atoms with Crippen molar-refractivity contribution in [2.75, 3.05) is 29.9 Å². The lowest BCUT2D eigenvalue weighted by Gasteiger charge is -2.37. The Hall–Kier alpha value is -2.31. The highest BCUT2D eigenvalue weighted by molar-refractivity contribution is 6.31. The zero-order valence-corrected chi connectivity index (χ0v) is 20.4. The SMILES string of the molecule is C[C@H]1CCCCN1C(=O)CC1CCN(c2ncc(Cl)cc2NC(=O)c2cccc(Cl)c2)CC1. The Morgan fingerprint density at radius 1 is 1.06 bits per heavy atom. The molecule has 0 radical (unpaired) electrons. The van der Waals surface area contributed by atoms with E-state index in [1.165, 1.54) is 6.42 Å². The Balaban J connectivity index is 1.39. The summed E-state index contributed by atoms with van der Waals surface area (Å²) >= 11 is 12.2. The van der Waals surface area contributed by atoms with Gasteiger partial charge < -0.3 is 15.1 Å². The summed E-state index contributed by atoms with van der Waals surface area (Å²) < 4.78 is 0. The van der Waals surface area contributed by atoms with Gasteiger partial charge in [0, 0.05) is 48.9 Å². The number of benzene rings is 1. The molecule has 176 valence electrons. The van der Waals surface area contributed by atoms with Crippen LogP contribution in [0, 0.1) is 5.92 Å². The zero-order chi connectivity index (χ0) is 23.4. The lowest BCUT2D eigenvalue weighted by molar-refractivity contribution is -0.135. The number of pyridine rings is 1. The van der Waals surface area contributed by atoms with E-state index in [2.05, 4.69) is 27.0 Å². The largest absolute Gasteiger partial charge is 0.355 e. The Morgan fingerprint density at radius 3 is 2.58 bits per heavy atom. The molecule has 0 aliphatic carbocycles. The van der Waals surface area contributed by atoms with Crippen molar-refractivity contribution in [2.24, 2.45) is 5.92 Å². The first-order valence-electron chi connectivity index (χ1n) is 11.7. The van der Waals surface area contributed by atoms with Crippen molar-refractivity contribution in [1.82, 2.24) is 9.88 Å². The van der Waals surface area contributed by atoms with Crippen LogP contribution < -0.4 is 10.2 Å². The monoisotopic (exact) mass is 488 g/mol. The molecule has 2 amide bonds. The summed E-state index contributed by atoms with van der Waals surface area (Å²) in [5, 5.41) is 3.89. The van der Waals surface area contributed by atoms with E-state index in [1.54, 1.807) is 36.5 Å². The normalized spacial score (nSPS) is 19.4. The van der Waals surface area contributed by atoms with E-state index in [4.69, 9.17) is 23.2 Å². The second-order valence-corrected chi connectivity index (χ2v) is 9.93. The Bertz CT molecular complexity index is 1010. The minimum absolute atomic E-state index is 0.265. The van der Waals surface area contributed by atoms with Crippen LogP contribution in [0.25, 0.3) is 0 Å². The predicted molar refractivity (Wildman–Crippen MR) is 133 cm³/mol. The van der Waals surface area contributed by atoms with Crippen molar-refractivity contribution < 1.29 is 9.59 Å². The standard InChI is InChI=1S/C25H30Cl2N4O2/c1-17-5-2-3-10-31(17)23(32)13-18-8-11-30(12-9-18)24-22(15-21(27)16-28-24)29-25(33)19-6-4-7-20(26)14-19/h4,6-7,14-18H,2-3,5,8-13H2,1H3,(H,29,33)/t17-/m0/s1. The molecular weight excluding hydrogens is 459 g/mol. The highest BCUT2D eigenvalue weighted by Crippen LogP contribution is 2.32. The van der Waals surface area contributed by atoms with E-state index in [-0.39, 0.29) is 5.91 Å². The fraction of sp³-hybridized carbons (Fsp3) is 0.480. The molecule has 1 atom stereocenters. The number of rotatable bonds is 5. The first-order chi connectivity index (χ1) is 15.9. The minimum Gasteiger partial charge on any atom is -0.355 e. The lowest BCUT2D eigenvalue weighted by Crippen LogP contribution is -2.43.